The molecule has 0 aliphatic carbocycles. The highest BCUT2D eigenvalue weighted by molar-refractivity contribution is 5.74. The summed E-state index contributed by atoms with van der Waals surface area (Å²) in [5.41, 5.74) is -3.27. The van der Waals surface area contributed by atoms with Gasteiger partial charge < -0.3 is 15.5 Å². The molecule has 1 rings (SSSR count). The zero-order valence-corrected chi connectivity index (χ0v) is 18.1. The molecule has 28 heavy (non-hydrogen) atoms. The monoisotopic (exact) mass is 393 g/mol. The molecule has 0 aromatic heterocycles. The molecule has 7 heteroatoms. The van der Waals surface area contributed by atoms with Gasteiger partial charge in [-0.2, -0.15) is 5.26 Å². The molecule has 7 nitrogen and oxygen atoms in total. The van der Waals surface area contributed by atoms with Gasteiger partial charge in [0.15, 0.2) is 0 Å². The van der Waals surface area contributed by atoms with Gasteiger partial charge in [0, 0.05) is 12.8 Å². The predicted octanol–water partition coefficient (Wildman–Crippen LogP) is 3.30. The largest absolute Gasteiger partial charge is 0.465 e. The van der Waals surface area contributed by atoms with E-state index in [9.17, 15) is 25.1 Å². The number of aliphatic hydroxyl groups is 1. The van der Waals surface area contributed by atoms with Crippen LogP contribution < -0.4 is 5.32 Å². The first-order valence-electron chi connectivity index (χ1n) is 9.85. The molecule has 0 saturated carbocycles. The second kappa shape index (κ2) is 8.52. The molecule has 1 aliphatic rings. The molecule has 0 radical (unpaired) electrons. The fourth-order valence-corrected chi connectivity index (χ4v) is 5.12. The Balaban J connectivity index is 3.96. The third-order valence-electron chi connectivity index (χ3n) is 5.90. The van der Waals surface area contributed by atoms with Crippen LogP contribution in [-0.2, 0) is 4.79 Å². The number of nitriles is 1. The molecular formula is C21H35N3O4. The van der Waals surface area contributed by atoms with Gasteiger partial charge in [0.1, 0.15) is 6.04 Å². The minimum absolute atomic E-state index is 0.308. The van der Waals surface area contributed by atoms with Gasteiger partial charge >= 0.3 is 6.09 Å². The van der Waals surface area contributed by atoms with Gasteiger partial charge in [0.05, 0.1) is 23.3 Å². The fraction of sp³-hybridized carbons (Fsp3) is 0.762. The van der Waals surface area contributed by atoms with E-state index >= 15 is 0 Å². The lowest BCUT2D eigenvalue weighted by Gasteiger charge is -2.58. The van der Waals surface area contributed by atoms with E-state index in [-0.39, 0.29) is 11.8 Å². The van der Waals surface area contributed by atoms with Crippen LogP contribution in [0.4, 0.5) is 4.79 Å². The molecule has 5 atom stereocenters. The van der Waals surface area contributed by atoms with Crippen molar-refractivity contribution in [2.24, 2.45) is 11.3 Å². The lowest BCUT2D eigenvalue weighted by atomic mass is 9.58. The van der Waals surface area contributed by atoms with Crippen LogP contribution in [-0.4, -0.2) is 50.3 Å². The first-order valence-corrected chi connectivity index (χ1v) is 9.85. The van der Waals surface area contributed by atoms with Gasteiger partial charge in [-0.1, -0.05) is 46.3 Å². The number of carbonyl (C=O) groups is 2. The van der Waals surface area contributed by atoms with E-state index in [0.29, 0.717) is 19.3 Å². The van der Waals surface area contributed by atoms with Crippen LogP contribution in [0.5, 0.6) is 0 Å². The van der Waals surface area contributed by atoms with E-state index in [0.717, 1.165) is 0 Å². The van der Waals surface area contributed by atoms with E-state index in [1.165, 1.54) is 11.8 Å². The van der Waals surface area contributed by atoms with Gasteiger partial charge in [0.2, 0.25) is 5.91 Å². The summed E-state index contributed by atoms with van der Waals surface area (Å²) in [7, 11) is 0. The molecule has 0 bridgehead atoms. The van der Waals surface area contributed by atoms with Gasteiger partial charge in [-0.05, 0) is 32.1 Å². The highest BCUT2D eigenvalue weighted by atomic mass is 16.4. The zero-order valence-electron chi connectivity index (χ0n) is 18.1. The molecule has 1 aliphatic heterocycles. The maximum Gasteiger partial charge on any atom is 0.408 e. The summed E-state index contributed by atoms with van der Waals surface area (Å²) < 4.78 is 0. The van der Waals surface area contributed by atoms with Crippen LogP contribution in [0.25, 0.3) is 0 Å². The third kappa shape index (κ3) is 4.02. The minimum Gasteiger partial charge on any atom is -0.465 e. The molecule has 3 N–H and O–H groups in total. The van der Waals surface area contributed by atoms with Crippen molar-refractivity contribution in [3.05, 3.63) is 12.2 Å². The number of nitrogens with zero attached hydrogens (tertiary/aromatic N) is 2. The number of likely N-dealkylation sites (tertiary alicyclic amines) is 1. The van der Waals surface area contributed by atoms with Gasteiger partial charge in [-0.25, -0.2) is 4.79 Å². The number of hydrogen-bond acceptors (Lipinski definition) is 4. The molecule has 1 heterocycles. The Morgan fingerprint density at radius 3 is 2.32 bits per heavy atom. The number of rotatable bonds is 6. The molecule has 0 unspecified atom stereocenters. The molecule has 0 spiro atoms. The van der Waals surface area contributed by atoms with E-state index < -0.39 is 34.7 Å². The Hall–Kier alpha value is -2.07. The van der Waals surface area contributed by atoms with Crippen LogP contribution >= 0.6 is 0 Å². The second-order valence-electron chi connectivity index (χ2n) is 8.98. The number of amides is 2. The summed E-state index contributed by atoms with van der Waals surface area (Å²) in [4.78, 5) is 25.7. The Kier molecular flexibility index (Phi) is 7.29. The maximum atomic E-state index is 12.4. The van der Waals surface area contributed by atoms with E-state index in [1.54, 1.807) is 6.92 Å². The van der Waals surface area contributed by atoms with E-state index in [2.05, 4.69) is 11.4 Å². The van der Waals surface area contributed by atoms with E-state index in [1.807, 2.05) is 46.8 Å². The Morgan fingerprint density at radius 1 is 1.39 bits per heavy atom. The second-order valence-corrected chi connectivity index (χ2v) is 8.98. The van der Waals surface area contributed by atoms with Crippen LogP contribution in [0, 0.1) is 22.7 Å². The van der Waals surface area contributed by atoms with Crippen molar-refractivity contribution < 1.29 is 19.8 Å². The molecule has 1 saturated heterocycles. The highest BCUT2D eigenvalue weighted by Crippen LogP contribution is 2.54. The SMILES string of the molecule is CC=C[C@@H]1C[C@H](C#N)N(C(=O)O)[C@@]1([C@@H](NC(C)=O)[C@@](C)(O)CCC)C(C)(C)C. The molecule has 1 fully saturated rings. The lowest BCUT2D eigenvalue weighted by Crippen LogP contribution is -2.75. The quantitative estimate of drug-likeness (QED) is 0.599. The normalized spacial score (nSPS) is 28.6. The first kappa shape index (κ1) is 24.0. The number of carbonyl (C=O) groups excluding carboxylic acids is 1. The summed E-state index contributed by atoms with van der Waals surface area (Å²) in [5, 5.41) is 34.1. The third-order valence-corrected chi connectivity index (χ3v) is 5.90. The first-order chi connectivity index (χ1) is 12.8. The van der Waals surface area contributed by atoms with Gasteiger partial charge in [0.25, 0.3) is 0 Å². The van der Waals surface area contributed by atoms with Crippen LogP contribution in [0.3, 0.4) is 0 Å². The Bertz CT molecular complexity index is 660. The number of carboxylic acid groups (broad SMARTS) is 1. The average Bonchev–Trinajstić information content (AvgIpc) is 2.87. The Morgan fingerprint density at radius 2 is 1.96 bits per heavy atom. The topological polar surface area (TPSA) is 114 Å². The number of nitrogens with one attached hydrogen (secondary N) is 1. The summed E-state index contributed by atoms with van der Waals surface area (Å²) in [6, 6.07) is 0.355. The fourth-order valence-electron chi connectivity index (χ4n) is 5.12. The van der Waals surface area contributed by atoms with Crippen molar-refractivity contribution in [3.63, 3.8) is 0 Å². The summed E-state index contributed by atoms with van der Waals surface area (Å²) in [6.07, 6.45) is 3.86. The van der Waals surface area contributed by atoms with Crippen molar-refractivity contribution in [2.45, 2.75) is 91.0 Å². The lowest BCUT2D eigenvalue weighted by molar-refractivity contribution is -0.133. The molecule has 0 aromatic rings. The average molecular weight is 394 g/mol. The standard InChI is InChI=1S/C21H35N3O4/c1-8-10-15-12-16(13-22)24(18(26)27)21(15,19(4,5)6)17(23-14(3)25)20(7,28)11-9-2/h8,10,15-17,28H,9,11-12H2,1-7H3,(H,23,25)(H,26,27)/t15-,16-,17+,20+,21+/m1/s1. The predicted molar refractivity (Wildman–Crippen MR) is 108 cm³/mol. The molecule has 0 aromatic carbocycles. The van der Waals surface area contributed by atoms with Crippen molar-refractivity contribution >= 4 is 12.0 Å². The minimum atomic E-state index is -1.37. The van der Waals surface area contributed by atoms with Crippen molar-refractivity contribution in [1.82, 2.24) is 10.2 Å². The summed E-state index contributed by atoms with van der Waals surface area (Å²) in [5.74, 6) is -0.701. The Labute approximate surface area is 168 Å². The highest BCUT2D eigenvalue weighted by Gasteiger charge is 2.67. The van der Waals surface area contributed by atoms with E-state index in [4.69, 9.17) is 0 Å². The van der Waals surface area contributed by atoms with Crippen LogP contribution in [0.15, 0.2) is 12.2 Å². The summed E-state index contributed by atoms with van der Waals surface area (Å²) >= 11 is 0. The van der Waals surface area contributed by atoms with Crippen molar-refractivity contribution in [2.75, 3.05) is 0 Å². The zero-order chi connectivity index (χ0) is 21.9. The number of allylic oxidation sites excluding steroid dienone is 1. The van der Waals surface area contributed by atoms with Crippen LogP contribution in [0.1, 0.15) is 67.7 Å². The smallest absolute Gasteiger partial charge is 0.408 e. The van der Waals surface area contributed by atoms with Gasteiger partial charge in [-0.15, -0.1) is 0 Å². The van der Waals surface area contributed by atoms with Gasteiger partial charge in [-0.3, -0.25) is 9.69 Å². The van der Waals surface area contributed by atoms with Crippen LogP contribution in [0.2, 0.25) is 0 Å². The molecule has 158 valence electrons. The van der Waals surface area contributed by atoms with Crippen molar-refractivity contribution in [1.29, 1.82) is 5.26 Å². The summed E-state index contributed by atoms with van der Waals surface area (Å²) in [6.45, 7) is 12.5. The molecule has 2 amide bonds. The molecular weight excluding hydrogens is 358 g/mol. The van der Waals surface area contributed by atoms with Crippen molar-refractivity contribution in [3.8, 4) is 6.07 Å². The maximum absolute atomic E-state index is 12.4. The number of hydrogen-bond donors (Lipinski definition) is 3.